The second-order valence-electron chi connectivity index (χ2n) is 4.33. The van der Waals surface area contributed by atoms with Gasteiger partial charge >= 0.3 is 0 Å². The molecular formula is C12H17NO. The van der Waals surface area contributed by atoms with Gasteiger partial charge in [0.15, 0.2) is 0 Å². The molecule has 2 heteroatoms. The molecular weight excluding hydrogens is 174 g/mol. The van der Waals surface area contributed by atoms with Gasteiger partial charge in [-0.05, 0) is 24.0 Å². The average Bonchev–Trinajstić information content (AvgIpc) is 2.97. The van der Waals surface area contributed by atoms with Crippen molar-refractivity contribution in [1.29, 1.82) is 0 Å². The summed E-state index contributed by atoms with van der Waals surface area (Å²) in [6.45, 7) is 2.22. The highest BCUT2D eigenvalue weighted by Gasteiger charge is 2.41. The van der Waals surface area contributed by atoms with E-state index >= 15 is 0 Å². The summed E-state index contributed by atoms with van der Waals surface area (Å²) in [6, 6.07) is 8.20. The number of hydrogen-bond donors (Lipinski definition) is 2. The van der Waals surface area contributed by atoms with Crippen molar-refractivity contribution in [3.63, 3.8) is 0 Å². The Hall–Kier alpha value is -0.860. The van der Waals surface area contributed by atoms with Crippen LogP contribution in [0, 0.1) is 0 Å². The van der Waals surface area contributed by atoms with Gasteiger partial charge in [0.05, 0.1) is 0 Å². The van der Waals surface area contributed by atoms with Gasteiger partial charge < -0.3 is 10.8 Å². The summed E-state index contributed by atoms with van der Waals surface area (Å²) in [5, 5.41) is 9.16. The van der Waals surface area contributed by atoms with Crippen molar-refractivity contribution >= 4 is 0 Å². The van der Waals surface area contributed by atoms with E-state index in [0.29, 0.717) is 0 Å². The standard InChI is InChI=1S/C12H17NO/c1-9(8-14)10-4-2-3-5-11(10)12(13)6-7-12/h2-5,9,14H,6-8,13H2,1H3. The molecule has 0 radical (unpaired) electrons. The highest BCUT2D eigenvalue weighted by Crippen LogP contribution is 2.45. The third-order valence-electron chi connectivity index (χ3n) is 3.09. The smallest absolute Gasteiger partial charge is 0.0497 e. The first-order valence-corrected chi connectivity index (χ1v) is 5.16. The Morgan fingerprint density at radius 1 is 1.43 bits per heavy atom. The maximum atomic E-state index is 9.16. The summed E-state index contributed by atoms with van der Waals surface area (Å²) in [4.78, 5) is 0. The predicted octanol–water partition coefficient (Wildman–Crippen LogP) is 1.73. The summed E-state index contributed by atoms with van der Waals surface area (Å²) in [7, 11) is 0. The Kier molecular flexibility index (Phi) is 2.33. The van der Waals surface area contributed by atoms with E-state index in [0.717, 1.165) is 12.8 Å². The SMILES string of the molecule is CC(CO)c1ccccc1C1(N)CC1. The normalized spacial score (nSPS) is 20.5. The fourth-order valence-corrected chi connectivity index (χ4v) is 1.88. The highest BCUT2D eigenvalue weighted by atomic mass is 16.3. The molecule has 0 aliphatic heterocycles. The zero-order valence-corrected chi connectivity index (χ0v) is 8.53. The zero-order chi connectivity index (χ0) is 10.2. The molecule has 0 saturated heterocycles. The summed E-state index contributed by atoms with van der Waals surface area (Å²) in [5.74, 6) is 0.187. The van der Waals surface area contributed by atoms with E-state index in [1.54, 1.807) is 0 Å². The van der Waals surface area contributed by atoms with Crippen molar-refractivity contribution in [2.24, 2.45) is 5.73 Å². The van der Waals surface area contributed by atoms with Gasteiger partial charge in [-0.25, -0.2) is 0 Å². The number of aliphatic hydroxyl groups is 1. The highest BCUT2D eigenvalue weighted by molar-refractivity contribution is 5.39. The lowest BCUT2D eigenvalue weighted by molar-refractivity contribution is 0.272. The van der Waals surface area contributed by atoms with Crippen LogP contribution < -0.4 is 5.73 Å². The van der Waals surface area contributed by atoms with Gasteiger partial charge in [0.1, 0.15) is 0 Å². The van der Waals surface area contributed by atoms with Crippen molar-refractivity contribution in [2.75, 3.05) is 6.61 Å². The molecule has 1 aromatic carbocycles. The van der Waals surface area contributed by atoms with Crippen LogP contribution in [0.15, 0.2) is 24.3 Å². The molecule has 1 aromatic rings. The lowest BCUT2D eigenvalue weighted by Gasteiger charge is -2.18. The predicted molar refractivity (Wildman–Crippen MR) is 57.0 cm³/mol. The number of nitrogens with two attached hydrogens (primary N) is 1. The van der Waals surface area contributed by atoms with Crippen LogP contribution in [0.5, 0.6) is 0 Å². The molecule has 0 spiro atoms. The van der Waals surface area contributed by atoms with Crippen molar-refractivity contribution in [3.05, 3.63) is 35.4 Å². The Labute approximate surface area is 84.7 Å². The summed E-state index contributed by atoms with van der Waals surface area (Å²) in [6.07, 6.45) is 2.14. The molecule has 1 aliphatic carbocycles. The van der Waals surface area contributed by atoms with E-state index in [2.05, 4.69) is 12.1 Å². The largest absolute Gasteiger partial charge is 0.396 e. The first-order valence-electron chi connectivity index (χ1n) is 5.16. The van der Waals surface area contributed by atoms with E-state index in [1.807, 2.05) is 19.1 Å². The van der Waals surface area contributed by atoms with Crippen molar-refractivity contribution in [2.45, 2.75) is 31.2 Å². The van der Waals surface area contributed by atoms with E-state index in [4.69, 9.17) is 10.8 Å². The third kappa shape index (κ3) is 1.56. The Morgan fingerprint density at radius 3 is 2.64 bits per heavy atom. The van der Waals surface area contributed by atoms with E-state index in [9.17, 15) is 0 Å². The molecule has 1 fully saturated rings. The molecule has 14 heavy (non-hydrogen) atoms. The van der Waals surface area contributed by atoms with Crippen LogP contribution in [0.1, 0.15) is 36.8 Å². The molecule has 1 saturated carbocycles. The van der Waals surface area contributed by atoms with Crippen LogP contribution in [0.3, 0.4) is 0 Å². The Morgan fingerprint density at radius 2 is 2.07 bits per heavy atom. The monoisotopic (exact) mass is 191 g/mol. The van der Waals surface area contributed by atoms with Crippen molar-refractivity contribution in [3.8, 4) is 0 Å². The van der Waals surface area contributed by atoms with Crippen molar-refractivity contribution < 1.29 is 5.11 Å². The molecule has 1 unspecified atom stereocenters. The topological polar surface area (TPSA) is 46.2 Å². The second kappa shape index (κ2) is 3.37. The molecule has 76 valence electrons. The van der Waals surface area contributed by atoms with Gasteiger partial charge in [0.2, 0.25) is 0 Å². The molecule has 1 aliphatic rings. The lowest BCUT2D eigenvalue weighted by atomic mass is 9.91. The summed E-state index contributed by atoms with van der Waals surface area (Å²) in [5.41, 5.74) is 8.51. The molecule has 3 N–H and O–H groups in total. The minimum Gasteiger partial charge on any atom is -0.396 e. The Balaban J connectivity index is 2.38. The third-order valence-corrected chi connectivity index (χ3v) is 3.09. The van der Waals surface area contributed by atoms with E-state index in [-0.39, 0.29) is 18.1 Å². The van der Waals surface area contributed by atoms with Crippen LogP contribution in [-0.4, -0.2) is 11.7 Å². The van der Waals surface area contributed by atoms with Gasteiger partial charge in [-0.2, -0.15) is 0 Å². The van der Waals surface area contributed by atoms with Gasteiger partial charge in [0, 0.05) is 18.1 Å². The molecule has 0 amide bonds. The first kappa shape index (κ1) is 9.69. The maximum absolute atomic E-state index is 9.16. The Bertz CT molecular complexity index is 331. The quantitative estimate of drug-likeness (QED) is 0.764. The van der Waals surface area contributed by atoms with Gasteiger partial charge in [0.25, 0.3) is 0 Å². The summed E-state index contributed by atoms with van der Waals surface area (Å²) < 4.78 is 0. The van der Waals surface area contributed by atoms with Crippen molar-refractivity contribution in [1.82, 2.24) is 0 Å². The summed E-state index contributed by atoms with van der Waals surface area (Å²) >= 11 is 0. The fraction of sp³-hybridized carbons (Fsp3) is 0.500. The van der Waals surface area contributed by atoms with Crippen LogP contribution in [-0.2, 0) is 5.54 Å². The molecule has 0 heterocycles. The number of rotatable bonds is 3. The van der Waals surface area contributed by atoms with E-state index < -0.39 is 0 Å². The molecule has 0 bridgehead atoms. The number of hydrogen-bond acceptors (Lipinski definition) is 2. The van der Waals surface area contributed by atoms with Gasteiger partial charge in [-0.3, -0.25) is 0 Å². The average molecular weight is 191 g/mol. The van der Waals surface area contributed by atoms with Crippen LogP contribution in [0.25, 0.3) is 0 Å². The molecule has 2 nitrogen and oxygen atoms in total. The van der Waals surface area contributed by atoms with Gasteiger partial charge in [-0.1, -0.05) is 31.2 Å². The number of benzene rings is 1. The van der Waals surface area contributed by atoms with Gasteiger partial charge in [-0.15, -0.1) is 0 Å². The minimum absolute atomic E-state index is 0.0972. The lowest BCUT2D eigenvalue weighted by Crippen LogP contribution is -2.21. The second-order valence-corrected chi connectivity index (χ2v) is 4.33. The first-order chi connectivity index (χ1) is 6.67. The van der Waals surface area contributed by atoms with E-state index in [1.165, 1.54) is 11.1 Å². The molecule has 2 rings (SSSR count). The minimum atomic E-state index is -0.0972. The maximum Gasteiger partial charge on any atom is 0.0497 e. The van der Waals surface area contributed by atoms with Crippen LogP contribution >= 0.6 is 0 Å². The van der Waals surface area contributed by atoms with Crippen LogP contribution in [0.4, 0.5) is 0 Å². The zero-order valence-electron chi connectivity index (χ0n) is 8.53. The molecule has 1 atom stereocenters. The number of aliphatic hydroxyl groups excluding tert-OH is 1. The molecule has 0 aromatic heterocycles. The van der Waals surface area contributed by atoms with Crippen LogP contribution in [0.2, 0.25) is 0 Å². The fourth-order valence-electron chi connectivity index (χ4n) is 1.88.